The van der Waals surface area contributed by atoms with E-state index in [2.05, 4.69) is 0 Å². The molecule has 1 heterocycles. The van der Waals surface area contributed by atoms with E-state index in [9.17, 15) is 9.90 Å². The molecular formula is C14H19NO3. The van der Waals surface area contributed by atoms with E-state index in [0.29, 0.717) is 24.6 Å². The number of carbonyl (C=O) groups is 1. The minimum absolute atomic E-state index is 0.0881. The molecule has 1 atom stereocenters. The fourth-order valence-electron chi connectivity index (χ4n) is 2.39. The lowest BCUT2D eigenvalue weighted by atomic mass is 10.1. The second-order valence-electron chi connectivity index (χ2n) is 4.83. The van der Waals surface area contributed by atoms with E-state index in [-0.39, 0.29) is 11.7 Å². The van der Waals surface area contributed by atoms with Crippen molar-refractivity contribution in [3.05, 3.63) is 29.3 Å². The Kier molecular flexibility index (Phi) is 3.87. The fraction of sp³-hybridized carbons (Fsp3) is 0.500. The van der Waals surface area contributed by atoms with Crippen LogP contribution in [0, 0.1) is 12.8 Å². The fourth-order valence-corrected chi connectivity index (χ4v) is 2.39. The van der Waals surface area contributed by atoms with Crippen LogP contribution in [0.4, 0.5) is 0 Å². The zero-order valence-electron chi connectivity index (χ0n) is 10.8. The van der Waals surface area contributed by atoms with Gasteiger partial charge in [-0.3, -0.25) is 4.79 Å². The monoisotopic (exact) mass is 249 g/mol. The molecule has 1 N–H and O–H groups in total. The van der Waals surface area contributed by atoms with Crippen molar-refractivity contribution in [1.82, 2.24) is 4.90 Å². The number of phenols is 1. The Hall–Kier alpha value is -1.55. The quantitative estimate of drug-likeness (QED) is 0.888. The van der Waals surface area contributed by atoms with Crippen molar-refractivity contribution in [3.8, 4) is 5.75 Å². The molecule has 1 amide bonds. The lowest BCUT2D eigenvalue weighted by molar-refractivity contribution is 0.0772. The largest absolute Gasteiger partial charge is 0.507 e. The van der Waals surface area contributed by atoms with Crippen LogP contribution in [0.1, 0.15) is 22.3 Å². The van der Waals surface area contributed by atoms with Gasteiger partial charge in [-0.25, -0.2) is 0 Å². The summed E-state index contributed by atoms with van der Waals surface area (Å²) in [5.74, 6) is 0.415. The number of hydrogen-bond acceptors (Lipinski definition) is 3. The molecule has 0 spiro atoms. The Morgan fingerprint density at radius 2 is 2.33 bits per heavy atom. The first-order chi connectivity index (χ1) is 8.63. The zero-order chi connectivity index (χ0) is 13.1. The van der Waals surface area contributed by atoms with Crippen LogP contribution in [0.5, 0.6) is 5.75 Å². The highest BCUT2D eigenvalue weighted by Gasteiger charge is 2.28. The van der Waals surface area contributed by atoms with Crippen LogP contribution in [-0.4, -0.2) is 42.7 Å². The third-order valence-electron chi connectivity index (χ3n) is 3.44. The van der Waals surface area contributed by atoms with E-state index in [1.54, 1.807) is 37.1 Å². The molecule has 18 heavy (non-hydrogen) atoms. The number of aryl methyl sites for hydroxylation is 1. The number of likely N-dealkylation sites (tertiary alicyclic amines) is 1. The minimum Gasteiger partial charge on any atom is -0.507 e. The van der Waals surface area contributed by atoms with Crippen LogP contribution in [0.3, 0.4) is 0 Å². The van der Waals surface area contributed by atoms with Gasteiger partial charge in [0, 0.05) is 26.1 Å². The molecule has 0 radical (unpaired) electrons. The number of methoxy groups -OCH3 is 1. The minimum atomic E-state index is -0.0881. The summed E-state index contributed by atoms with van der Waals surface area (Å²) in [5, 5.41) is 9.93. The number of benzene rings is 1. The Morgan fingerprint density at radius 3 is 3.06 bits per heavy atom. The molecule has 1 fully saturated rings. The summed E-state index contributed by atoms with van der Waals surface area (Å²) in [5.41, 5.74) is 1.13. The van der Waals surface area contributed by atoms with Crippen LogP contribution in [0.2, 0.25) is 0 Å². The molecule has 1 unspecified atom stereocenters. The third kappa shape index (κ3) is 2.48. The van der Waals surface area contributed by atoms with Gasteiger partial charge < -0.3 is 14.7 Å². The van der Waals surface area contributed by atoms with Gasteiger partial charge in [-0.15, -0.1) is 0 Å². The van der Waals surface area contributed by atoms with Crippen molar-refractivity contribution < 1.29 is 14.6 Å². The maximum Gasteiger partial charge on any atom is 0.257 e. The molecule has 2 rings (SSSR count). The van der Waals surface area contributed by atoms with Gasteiger partial charge in [0.25, 0.3) is 5.91 Å². The summed E-state index contributed by atoms with van der Waals surface area (Å²) in [6.07, 6.45) is 0.964. The number of aromatic hydroxyl groups is 1. The highest BCUT2D eigenvalue weighted by molar-refractivity contribution is 5.97. The summed E-state index contributed by atoms with van der Waals surface area (Å²) in [4.78, 5) is 14.1. The van der Waals surface area contributed by atoms with Crippen LogP contribution >= 0.6 is 0 Å². The highest BCUT2D eigenvalue weighted by Crippen LogP contribution is 2.25. The average Bonchev–Trinajstić information content (AvgIpc) is 2.81. The van der Waals surface area contributed by atoms with Crippen LogP contribution in [-0.2, 0) is 4.74 Å². The highest BCUT2D eigenvalue weighted by atomic mass is 16.5. The molecule has 4 heteroatoms. The topological polar surface area (TPSA) is 49.8 Å². The van der Waals surface area contributed by atoms with Gasteiger partial charge in [0.1, 0.15) is 5.75 Å². The summed E-state index contributed by atoms with van der Waals surface area (Å²) in [6, 6.07) is 5.27. The van der Waals surface area contributed by atoms with Gasteiger partial charge in [-0.05, 0) is 25.0 Å². The maximum atomic E-state index is 12.3. The molecule has 0 aromatic heterocycles. The number of hydrogen-bond donors (Lipinski definition) is 1. The number of para-hydroxylation sites is 1. The SMILES string of the molecule is COCC1CCN(C(=O)c2cccc(C)c2O)C1. The van der Waals surface area contributed by atoms with Crippen LogP contribution in [0.15, 0.2) is 18.2 Å². The number of nitrogens with zero attached hydrogens (tertiary/aromatic N) is 1. The van der Waals surface area contributed by atoms with Crippen molar-refractivity contribution in [2.45, 2.75) is 13.3 Å². The standard InChI is InChI=1S/C14H19NO3/c1-10-4-3-5-12(13(10)16)14(17)15-7-6-11(8-15)9-18-2/h3-5,11,16H,6-9H2,1-2H3. The predicted molar refractivity (Wildman–Crippen MR) is 68.7 cm³/mol. The molecule has 1 aromatic carbocycles. The van der Waals surface area contributed by atoms with E-state index >= 15 is 0 Å². The lowest BCUT2D eigenvalue weighted by Crippen LogP contribution is -2.29. The second-order valence-corrected chi connectivity index (χ2v) is 4.83. The van der Waals surface area contributed by atoms with E-state index in [4.69, 9.17) is 4.74 Å². The van der Waals surface area contributed by atoms with Gasteiger partial charge in [0.2, 0.25) is 0 Å². The van der Waals surface area contributed by atoms with Gasteiger partial charge in [-0.2, -0.15) is 0 Å². The summed E-state index contributed by atoms with van der Waals surface area (Å²) < 4.78 is 5.12. The van der Waals surface area contributed by atoms with Gasteiger partial charge in [0.05, 0.1) is 12.2 Å². The Morgan fingerprint density at radius 1 is 1.56 bits per heavy atom. The van der Waals surface area contributed by atoms with E-state index in [1.165, 1.54) is 0 Å². The van der Waals surface area contributed by atoms with Gasteiger partial charge in [-0.1, -0.05) is 12.1 Å². The first-order valence-corrected chi connectivity index (χ1v) is 6.20. The van der Waals surface area contributed by atoms with Crippen molar-refractivity contribution >= 4 is 5.91 Å². The molecule has 1 aromatic rings. The van der Waals surface area contributed by atoms with Crippen molar-refractivity contribution in [3.63, 3.8) is 0 Å². The summed E-state index contributed by atoms with van der Waals surface area (Å²) in [6.45, 7) is 3.92. The van der Waals surface area contributed by atoms with Gasteiger partial charge in [0.15, 0.2) is 0 Å². The smallest absolute Gasteiger partial charge is 0.257 e. The van der Waals surface area contributed by atoms with Crippen molar-refractivity contribution in [1.29, 1.82) is 0 Å². The summed E-state index contributed by atoms with van der Waals surface area (Å²) in [7, 11) is 1.68. The molecular weight excluding hydrogens is 230 g/mol. The second kappa shape index (κ2) is 5.40. The molecule has 98 valence electrons. The Balaban J connectivity index is 2.11. The lowest BCUT2D eigenvalue weighted by Gasteiger charge is -2.17. The number of rotatable bonds is 3. The van der Waals surface area contributed by atoms with Gasteiger partial charge >= 0.3 is 0 Å². The number of phenolic OH excluding ortho intramolecular Hbond substituents is 1. The predicted octanol–water partition coefficient (Wildman–Crippen LogP) is 1.81. The van der Waals surface area contributed by atoms with E-state index < -0.39 is 0 Å². The van der Waals surface area contributed by atoms with Crippen LogP contribution < -0.4 is 0 Å². The molecule has 0 aliphatic carbocycles. The Bertz CT molecular complexity index is 445. The number of carbonyl (C=O) groups excluding carboxylic acids is 1. The molecule has 1 aliphatic heterocycles. The maximum absolute atomic E-state index is 12.3. The molecule has 0 bridgehead atoms. The molecule has 4 nitrogen and oxygen atoms in total. The number of ether oxygens (including phenoxy) is 1. The van der Waals surface area contributed by atoms with E-state index in [1.807, 2.05) is 0 Å². The van der Waals surface area contributed by atoms with E-state index in [0.717, 1.165) is 18.5 Å². The zero-order valence-corrected chi connectivity index (χ0v) is 10.8. The average molecular weight is 249 g/mol. The molecule has 0 saturated carbocycles. The molecule has 1 saturated heterocycles. The molecule has 1 aliphatic rings. The van der Waals surface area contributed by atoms with Crippen molar-refractivity contribution in [2.24, 2.45) is 5.92 Å². The third-order valence-corrected chi connectivity index (χ3v) is 3.44. The Labute approximate surface area is 107 Å². The van der Waals surface area contributed by atoms with Crippen LogP contribution in [0.25, 0.3) is 0 Å². The first-order valence-electron chi connectivity index (χ1n) is 6.20. The van der Waals surface area contributed by atoms with Crippen molar-refractivity contribution in [2.75, 3.05) is 26.8 Å². The normalized spacial score (nSPS) is 19.2. The summed E-state index contributed by atoms with van der Waals surface area (Å²) >= 11 is 0. The number of amides is 1. The first kappa shape index (κ1) is 12.9.